The average Bonchev–Trinajstić information content (AvgIpc) is 2.23. The van der Waals surface area contributed by atoms with Gasteiger partial charge in [-0.05, 0) is 35.9 Å². The molecule has 1 nitrogen and oxygen atoms in total. The Labute approximate surface area is 116 Å². The van der Waals surface area contributed by atoms with E-state index in [-0.39, 0.29) is 0 Å². The summed E-state index contributed by atoms with van der Waals surface area (Å²) in [5, 5.41) is 0. The Hall–Kier alpha value is -0.0831. The summed E-state index contributed by atoms with van der Waals surface area (Å²) >= 11 is 0. The van der Waals surface area contributed by atoms with Gasteiger partial charge in [0.25, 0.3) is 0 Å². The molecule has 0 aromatic rings. The number of allylic oxidation sites excluding steroid dienone is 2. The van der Waals surface area contributed by atoms with E-state index in [1.807, 2.05) is 0 Å². The van der Waals surface area contributed by atoms with Gasteiger partial charge in [-0.15, -0.1) is 0 Å². The lowest BCUT2D eigenvalue weighted by Crippen LogP contribution is -2.48. The maximum Gasteiger partial charge on any atom is 0.200 e. The molecule has 0 spiro atoms. The van der Waals surface area contributed by atoms with Crippen molar-refractivity contribution in [2.24, 2.45) is 5.92 Å². The van der Waals surface area contributed by atoms with E-state index in [1.165, 1.54) is 0 Å². The highest BCUT2D eigenvalue weighted by atomic mass is 28.4. The van der Waals surface area contributed by atoms with E-state index in [0.29, 0.717) is 22.5 Å². The molecule has 0 unspecified atom stereocenters. The van der Waals surface area contributed by atoms with Crippen LogP contribution < -0.4 is 0 Å². The predicted molar refractivity (Wildman–Crippen MR) is 85.6 cm³/mol. The maximum atomic E-state index is 6.54. The van der Waals surface area contributed by atoms with Crippen LogP contribution in [0.2, 0.25) is 16.6 Å². The molecule has 0 N–H and O–H groups in total. The molecule has 108 valence electrons. The molecule has 0 heterocycles. The molecule has 2 heteroatoms. The highest BCUT2D eigenvalue weighted by molar-refractivity contribution is 6.77. The summed E-state index contributed by atoms with van der Waals surface area (Å²) in [6, 6.07) is 0. The molecule has 0 saturated heterocycles. The lowest BCUT2D eigenvalue weighted by Gasteiger charge is -2.42. The largest absolute Gasteiger partial charge is 0.416 e. The first kappa shape index (κ1) is 17.9. The first-order valence-corrected chi connectivity index (χ1v) is 9.69. The smallest absolute Gasteiger partial charge is 0.200 e. The van der Waals surface area contributed by atoms with Gasteiger partial charge in [0.1, 0.15) is 0 Å². The molecule has 0 amide bonds. The number of hydrogen-bond acceptors (Lipinski definition) is 1. The number of hydrogen-bond donors (Lipinski definition) is 0. The molecule has 1 atom stereocenters. The Bertz CT molecular complexity index is 222. The van der Waals surface area contributed by atoms with E-state index in [9.17, 15) is 0 Å². The molecule has 0 aliphatic carbocycles. The average molecular weight is 271 g/mol. The minimum absolute atomic E-state index is 0.633. The van der Waals surface area contributed by atoms with Crippen LogP contribution >= 0.6 is 0 Å². The second-order valence-electron chi connectivity index (χ2n) is 6.46. The summed E-state index contributed by atoms with van der Waals surface area (Å²) in [6.07, 6.45) is 5.56. The minimum Gasteiger partial charge on any atom is -0.416 e. The fourth-order valence-corrected chi connectivity index (χ4v) is 8.82. The van der Waals surface area contributed by atoms with Crippen LogP contribution in [0.15, 0.2) is 12.2 Å². The monoisotopic (exact) mass is 270 g/mol. The third-order valence-corrected chi connectivity index (χ3v) is 10.3. The molecule has 0 aliphatic heterocycles. The van der Waals surface area contributed by atoms with Crippen molar-refractivity contribution >= 4 is 8.32 Å². The summed E-state index contributed by atoms with van der Waals surface area (Å²) < 4.78 is 6.54. The molecule has 0 saturated carbocycles. The third kappa shape index (κ3) is 4.54. The van der Waals surface area contributed by atoms with Crippen LogP contribution in [0.4, 0.5) is 0 Å². The summed E-state index contributed by atoms with van der Waals surface area (Å²) in [5.74, 6) is 0.633. The van der Waals surface area contributed by atoms with Crippen molar-refractivity contribution in [3.63, 3.8) is 0 Å². The van der Waals surface area contributed by atoms with Crippen LogP contribution in [-0.4, -0.2) is 14.9 Å². The summed E-state index contributed by atoms with van der Waals surface area (Å²) in [4.78, 5) is 0. The molecule has 18 heavy (non-hydrogen) atoms. The van der Waals surface area contributed by atoms with Crippen molar-refractivity contribution in [3.05, 3.63) is 12.2 Å². The van der Waals surface area contributed by atoms with E-state index >= 15 is 0 Å². The topological polar surface area (TPSA) is 9.23 Å². The Morgan fingerprint density at radius 3 is 1.67 bits per heavy atom. The molecule has 0 aromatic carbocycles. The van der Waals surface area contributed by atoms with E-state index in [4.69, 9.17) is 4.43 Å². The predicted octanol–water partition coefficient (Wildman–Crippen LogP) is 5.78. The van der Waals surface area contributed by atoms with Crippen LogP contribution in [-0.2, 0) is 4.43 Å². The van der Waals surface area contributed by atoms with Gasteiger partial charge in [-0.1, -0.05) is 60.6 Å². The van der Waals surface area contributed by atoms with Gasteiger partial charge in [0, 0.05) is 6.61 Å². The first-order chi connectivity index (χ1) is 8.28. The summed E-state index contributed by atoms with van der Waals surface area (Å²) in [7, 11) is -1.64. The van der Waals surface area contributed by atoms with Gasteiger partial charge < -0.3 is 4.43 Å². The summed E-state index contributed by atoms with van der Waals surface area (Å²) in [6.45, 7) is 19.4. The zero-order valence-corrected chi connectivity index (χ0v) is 14.8. The van der Waals surface area contributed by atoms with Gasteiger partial charge in [-0.3, -0.25) is 0 Å². The van der Waals surface area contributed by atoms with Crippen LogP contribution in [0.1, 0.15) is 61.8 Å². The van der Waals surface area contributed by atoms with Gasteiger partial charge in [0.15, 0.2) is 8.32 Å². The van der Waals surface area contributed by atoms with Crippen molar-refractivity contribution in [2.75, 3.05) is 6.61 Å². The van der Waals surface area contributed by atoms with Crippen LogP contribution in [0, 0.1) is 5.92 Å². The third-order valence-electron chi connectivity index (χ3n) is 4.15. The number of rotatable bonds is 8. The normalized spacial score (nSPS) is 15.3. The molecule has 0 aromatic heterocycles. The van der Waals surface area contributed by atoms with Crippen molar-refractivity contribution < 1.29 is 4.43 Å². The Balaban J connectivity index is 4.61. The fraction of sp³-hybridized carbons (Fsp3) is 0.875. The van der Waals surface area contributed by atoms with Gasteiger partial charge in [-0.25, -0.2) is 0 Å². The molecule has 0 rings (SSSR count). The van der Waals surface area contributed by atoms with Crippen LogP contribution in [0.3, 0.4) is 0 Å². The lowest BCUT2D eigenvalue weighted by molar-refractivity contribution is 0.260. The van der Waals surface area contributed by atoms with Gasteiger partial charge >= 0.3 is 0 Å². The first-order valence-electron chi connectivity index (χ1n) is 7.55. The highest BCUT2D eigenvalue weighted by Crippen LogP contribution is 2.42. The van der Waals surface area contributed by atoms with Crippen molar-refractivity contribution in [2.45, 2.75) is 78.4 Å². The molecule has 0 aliphatic rings. The zero-order chi connectivity index (χ0) is 14.3. The minimum atomic E-state index is -1.64. The Kier molecular flexibility index (Phi) is 8.12. The summed E-state index contributed by atoms with van der Waals surface area (Å²) in [5.41, 5.74) is 2.07. The van der Waals surface area contributed by atoms with E-state index < -0.39 is 8.32 Å². The van der Waals surface area contributed by atoms with Gasteiger partial charge in [0.05, 0.1) is 0 Å². The van der Waals surface area contributed by atoms with Gasteiger partial charge in [0.2, 0.25) is 0 Å². The molecule has 0 radical (unpaired) electrons. The quantitative estimate of drug-likeness (QED) is 0.401. The highest BCUT2D eigenvalue weighted by Gasteiger charge is 2.44. The molecular weight excluding hydrogens is 236 g/mol. The Morgan fingerprint density at radius 1 is 0.889 bits per heavy atom. The van der Waals surface area contributed by atoms with Crippen LogP contribution in [0.25, 0.3) is 0 Å². The fourth-order valence-electron chi connectivity index (χ4n) is 3.35. The lowest BCUT2D eigenvalue weighted by atomic mass is 10.1. The SMILES string of the molecule is C/C=C\[C@H](C)CCO[Si](C(C)C)(C(C)C)C(C)C. The van der Waals surface area contributed by atoms with Crippen LogP contribution in [0.5, 0.6) is 0 Å². The standard InChI is InChI=1S/C16H34OSi/c1-9-10-16(8)11-12-17-18(13(2)3,14(4)5)15(6)7/h9-10,13-16H,11-12H2,1-8H3/b10-9-/t16-/m0/s1. The van der Waals surface area contributed by atoms with Crippen molar-refractivity contribution in [1.82, 2.24) is 0 Å². The van der Waals surface area contributed by atoms with E-state index in [2.05, 4.69) is 67.5 Å². The zero-order valence-electron chi connectivity index (χ0n) is 13.8. The molecular formula is C16H34OSi. The molecule has 0 bridgehead atoms. The van der Waals surface area contributed by atoms with Crippen molar-refractivity contribution in [1.29, 1.82) is 0 Å². The Morgan fingerprint density at radius 2 is 1.33 bits per heavy atom. The van der Waals surface area contributed by atoms with Crippen molar-refractivity contribution in [3.8, 4) is 0 Å². The van der Waals surface area contributed by atoms with Gasteiger partial charge in [-0.2, -0.15) is 0 Å². The second-order valence-corrected chi connectivity index (χ2v) is 11.9. The van der Waals surface area contributed by atoms with E-state index in [0.717, 1.165) is 13.0 Å². The van der Waals surface area contributed by atoms with E-state index in [1.54, 1.807) is 0 Å². The maximum absolute atomic E-state index is 6.54. The second kappa shape index (κ2) is 8.16. The molecule has 0 fully saturated rings.